The fraction of sp³-hybridized carbons (Fsp3) is 0.909. The molecule has 2 rings (SSSR count). The largest absolute Gasteiger partial charge is 0.338 e. The average Bonchev–Trinajstić information content (AvgIpc) is 2.24. The Balaban J connectivity index is 1.86. The van der Waals surface area contributed by atoms with E-state index in [9.17, 15) is 4.79 Å². The second-order valence-corrected chi connectivity index (χ2v) is 4.76. The number of hydrogen-bond acceptors (Lipinski definition) is 2. The molecule has 0 aromatic heterocycles. The van der Waals surface area contributed by atoms with Gasteiger partial charge in [0.2, 0.25) is 0 Å². The van der Waals surface area contributed by atoms with Gasteiger partial charge in [0.25, 0.3) is 0 Å². The third-order valence-corrected chi connectivity index (χ3v) is 3.61. The van der Waals surface area contributed by atoms with E-state index in [1.54, 1.807) is 0 Å². The molecule has 15 heavy (non-hydrogen) atoms. The molecule has 2 saturated heterocycles. The van der Waals surface area contributed by atoms with E-state index in [0.29, 0.717) is 5.92 Å². The van der Waals surface area contributed by atoms with Crippen LogP contribution in [0.4, 0.5) is 4.79 Å². The van der Waals surface area contributed by atoms with E-state index in [0.717, 1.165) is 45.1 Å². The maximum atomic E-state index is 11.6. The number of carbonyl (C=O) groups is 1. The maximum absolute atomic E-state index is 11.6. The van der Waals surface area contributed by atoms with Crippen molar-refractivity contribution >= 4 is 6.03 Å². The van der Waals surface area contributed by atoms with Crippen molar-refractivity contribution in [2.45, 2.75) is 19.8 Å². The molecule has 0 aliphatic carbocycles. The number of piperidine rings is 1. The molecule has 2 heterocycles. The van der Waals surface area contributed by atoms with Crippen LogP contribution < -0.4 is 10.6 Å². The highest BCUT2D eigenvalue weighted by Crippen LogP contribution is 2.20. The molecule has 0 bridgehead atoms. The van der Waals surface area contributed by atoms with Crippen molar-refractivity contribution in [2.75, 3.05) is 32.7 Å². The molecule has 4 heteroatoms. The first-order valence-corrected chi connectivity index (χ1v) is 6.01. The lowest BCUT2D eigenvalue weighted by Gasteiger charge is -2.36. The number of rotatable bonds is 2. The van der Waals surface area contributed by atoms with Crippen LogP contribution >= 0.6 is 0 Å². The van der Waals surface area contributed by atoms with Gasteiger partial charge >= 0.3 is 6.03 Å². The van der Waals surface area contributed by atoms with E-state index in [-0.39, 0.29) is 6.03 Å². The quantitative estimate of drug-likeness (QED) is 0.704. The molecule has 0 aromatic carbocycles. The summed E-state index contributed by atoms with van der Waals surface area (Å²) in [7, 11) is 0. The molecule has 4 nitrogen and oxygen atoms in total. The van der Waals surface area contributed by atoms with E-state index in [2.05, 4.69) is 17.6 Å². The lowest BCUT2D eigenvalue weighted by Crippen LogP contribution is -2.51. The molecule has 2 atom stereocenters. The molecule has 2 N–H and O–H groups in total. The summed E-state index contributed by atoms with van der Waals surface area (Å²) < 4.78 is 0. The maximum Gasteiger partial charge on any atom is 0.317 e. The Labute approximate surface area is 91.4 Å². The summed E-state index contributed by atoms with van der Waals surface area (Å²) in [6.07, 6.45) is 2.32. The van der Waals surface area contributed by atoms with Gasteiger partial charge in [0.1, 0.15) is 0 Å². The zero-order valence-electron chi connectivity index (χ0n) is 9.46. The predicted molar refractivity (Wildman–Crippen MR) is 59.7 cm³/mol. The Morgan fingerprint density at radius 3 is 3.07 bits per heavy atom. The molecule has 0 spiro atoms. The first-order valence-electron chi connectivity index (χ1n) is 6.01. The van der Waals surface area contributed by atoms with E-state index in [4.69, 9.17) is 0 Å². The molecule has 2 unspecified atom stereocenters. The Morgan fingerprint density at radius 1 is 1.47 bits per heavy atom. The zero-order chi connectivity index (χ0) is 10.7. The van der Waals surface area contributed by atoms with Gasteiger partial charge in [0.05, 0.1) is 0 Å². The van der Waals surface area contributed by atoms with E-state index in [1.807, 2.05) is 4.90 Å². The number of nitrogens with one attached hydrogen (secondary N) is 2. The minimum absolute atomic E-state index is 0.124. The highest BCUT2D eigenvalue weighted by Gasteiger charge is 2.26. The average molecular weight is 211 g/mol. The van der Waals surface area contributed by atoms with Crippen molar-refractivity contribution in [1.29, 1.82) is 0 Å². The van der Waals surface area contributed by atoms with E-state index in [1.165, 1.54) is 6.42 Å². The van der Waals surface area contributed by atoms with Gasteiger partial charge in [-0.2, -0.15) is 0 Å². The highest BCUT2D eigenvalue weighted by atomic mass is 16.2. The number of nitrogens with zero attached hydrogens (tertiary/aromatic N) is 1. The van der Waals surface area contributed by atoms with Gasteiger partial charge in [0, 0.05) is 19.6 Å². The first-order chi connectivity index (χ1) is 7.27. The van der Waals surface area contributed by atoms with Crippen molar-refractivity contribution in [2.24, 2.45) is 11.8 Å². The number of urea groups is 1. The standard InChI is InChI=1S/C11H21N3O/c1-9-3-5-12-7-10(9)8-14-6-2-4-13-11(14)15/h9-10,12H,2-8H2,1H3,(H,13,15). The Morgan fingerprint density at radius 2 is 2.33 bits per heavy atom. The topological polar surface area (TPSA) is 44.4 Å². The summed E-state index contributed by atoms with van der Waals surface area (Å²) >= 11 is 0. The van der Waals surface area contributed by atoms with Crippen LogP contribution in [-0.2, 0) is 0 Å². The van der Waals surface area contributed by atoms with Crippen LogP contribution in [0.2, 0.25) is 0 Å². The van der Waals surface area contributed by atoms with Crippen LogP contribution in [0.1, 0.15) is 19.8 Å². The first kappa shape index (κ1) is 10.7. The summed E-state index contributed by atoms with van der Waals surface area (Å²) in [4.78, 5) is 13.5. The van der Waals surface area contributed by atoms with Gasteiger partial charge in [-0.25, -0.2) is 4.79 Å². The van der Waals surface area contributed by atoms with Crippen molar-refractivity contribution in [3.63, 3.8) is 0 Å². The SMILES string of the molecule is CC1CCNCC1CN1CCCNC1=O. The molecule has 86 valence electrons. The van der Waals surface area contributed by atoms with Crippen LogP contribution in [0, 0.1) is 11.8 Å². The predicted octanol–water partition coefficient (Wildman–Crippen LogP) is 0.647. The van der Waals surface area contributed by atoms with Crippen molar-refractivity contribution in [3.05, 3.63) is 0 Å². The van der Waals surface area contributed by atoms with Gasteiger partial charge in [-0.15, -0.1) is 0 Å². The Hall–Kier alpha value is -0.770. The summed E-state index contributed by atoms with van der Waals surface area (Å²) in [5.74, 6) is 1.36. The molecule has 0 aromatic rings. The summed E-state index contributed by atoms with van der Waals surface area (Å²) in [6, 6.07) is 0.124. The number of carbonyl (C=O) groups excluding carboxylic acids is 1. The normalized spacial score (nSPS) is 32.6. The number of amides is 2. The Bertz CT molecular complexity index is 232. The van der Waals surface area contributed by atoms with E-state index >= 15 is 0 Å². The minimum Gasteiger partial charge on any atom is -0.338 e. The molecule has 2 aliphatic rings. The molecular weight excluding hydrogens is 190 g/mol. The van der Waals surface area contributed by atoms with Crippen LogP contribution in [0.25, 0.3) is 0 Å². The van der Waals surface area contributed by atoms with Crippen LogP contribution in [0.15, 0.2) is 0 Å². The van der Waals surface area contributed by atoms with Crippen LogP contribution in [0.5, 0.6) is 0 Å². The summed E-state index contributed by atoms with van der Waals surface area (Å²) in [6.45, 7) is 7.17. The summed E-state index contributed by atoms with van der Waals surface area (Å²) in [5, 5.41) is 6.31. The van der Waals surface area contributed by atoms with Crippen molar-refractivity contribution < 1.29 is 4.79 Å². The van der Waals surface area contributed by atoms with Gasteiger partial charge in [0.15, 0.2) is 0 Å². The third kappa shape index (κ3) is 2.62. The second-order valence-electron chi connectivity index (χ2n) is 4.76. The molecule has 0 radical (unpaired) electrons. The third-order valence-electron chi connectivity index (χ3n) is 3.61. The second kappa shape index (κ2) is 4.84. The summed E-state index contributed by atoms with van der Waals surface area (Å²) in [5.41, 5.74) is 0. The molecule has 2 aliphatic heterocycles. The van der Waals surface area contributed by atoms with Gasteiger partial charge in [-0.05, 0) is 37.8 Å². The number of hydrogen-bond donors (Lipinski definition) is 2. The van der Waals surface area contributed by atoms with Crippen molar-refractivity contribution in [3.8, 4) is 0 Å². The fourth-order valence-corrected chi connectivity index (χ4v) is 2.43. The van der Waals surface area contributed by atoms with Gasteiger partial charge < -0.3 is 15.5 Å². The minimum atomic E-state index is 0.124. The molecule has 0 saturated carbocycles. The molecular formula is C11H21N3O. The lowest BCUT2D eigenvalue weighted by atomic mass is 9.87. The molecule has 2 fully saturated rings. The van der Waals surface area contributed by atoms with Crippen LogP contribution in [-0.4, -0.2) is 43.7 Å². The van der Waals surface area contributed by atoms with E-state index < -0.39 is 0 Å². The van der Waals surface area contributed by atoms with Crippen LogP contribution in [0.3, 0.4) is 0 Å². The highest BCUT2D eigenvalue weighted by molar-refractivity contribution is 5.74. The van der Waals surface area contributed by atoms with Crippen molar-refractivity contribution in [1.82, 2.24) is 15.5 Å². The van der Waals surface area contributed by atoms with Gasteiger partial charge in [-0.3, -0.25) is 0 Å². The Kier molecular flexibility index (Phi) is 3.46. The van der Waals surface area contributed by atoms with Gasteiger partial charge in [-0.1, -0.05) is 6.92 Å². The lowest BCUT2D eigenvalue weighted by molar-refractivity contribution is 0.153. The smallest absolute Gasteiger partial charge is 0.317 e. The zero-order valence-corrected chi connectivity index (χ0v) is 9.46. The fourth-order valence-electron chi connectivity index (χ4n) is 2.43. The molecule has 2 amide bonds. The monoisotopic (exact) mass is 211 g/mol.